The third-order valence-electron chi connectivity index (χ3n) is 4.03. The van der Waals surface area contributed by atoms with E-state index >= 15 is 0 Å². The molecule has 0 heterocycles. The Morgan fingerprint density at radius 1 is 0.909 bits per heavy atom. The van der Waals surface area contributed by atoms with E-state index in [2.05, 4.69) is 86.0 Å². The van der Waals surface area contributed by atoms with Crippen molar-refractivity contribution in [1.82, 2.24) is 0 Å². The SMILES string of the molecule is CSC(C)C1=C(P(c2ccccc2)c2ccccc2)CC=C1. The van der Waals surface area contributed by atoms with Crippen molar-refractivity contribution in [3.63, 3.8) is 0 Å². The fourth-order valence-corrected chi connectivity index (χ4v) is 6.08. The summed E-state index contributed by atoms with van der Waals surface area (Å²) in [4.78, 5) is 0. The Morgan fingerprint density at radius 3 is 1.95 bits per heavy atom. The Bertz CT molecular complexity index is 634. The van der Waals surface area contributed by atoms with Gasteiger partial charge in [0.25, 0.3) is 0 Å². The predicted octanol–water partition coefficient (Wildman–Crippen LogP) is 5.08. The van der Waals surface area contributed by atoms with Crippen molar-refractivity contribution in [3.8, 4) is 0 Å². The largest absolute Gasteiger partial charge is 0.157 e. The maximum atomic E-state index is 2.34. The molecule has 1 unspecified atom stereocenters. The average molecular weight is 324 g/mol. The molecular weight excluding hydrogens is 303 g/mol. The van der Waals surface area contributed by atoms with Crippen LogP contribution in [0.5, 0.6) is 0 Å². The number of allylic oxidation sites excluding steroid dienone is 3. The van der Waals surface area contributed by atoms with E-state index in [0.29, 0.717) is 5.25 Å². The monoisotopic (exact) mass is 324 g/mol. The van der Waals surface area contributed by atoms with Crippen LogP contribution in [0.3, 0.4) is 0 Å². The van der Waals surface area contributed by atoms with Gasteiger partial charge in [-0.1, -0.05) is 72.8 Å². The summed E-state index contributed by atoms with van der Waals surface area (Å²) < 4.78 is 0. The van der Waals surface area contributed by atoms with Crippen molar-refractivity contribution < 1.29 is 0 Å². The van der Waals surface area contributed by atoms with E-state index in [1.165, 1.54) is 16.2 Å². The molecule has 0 amide bonds. The lowest BCUT2D eigenvalue weighted by Crippen LogP contribution is -2.14. The molecule has 0 fully saturated rings. The molecule has 0 aromatic heterocycles. The van der Waals surface area contributed by atoms with Crippen LogP contribution in [0.15, 0.2) is 83.7 Å². The Hall–Kier alpha value is -1.30. The third-order valence-corrected chi connectivity index (χ3v) is 7.60. The zero-order valence-electron chi connectivity index (χ0n) is 13.1. The Kier molecular flexibility index (Phi) is 5.18. The first kappa shape index (κ1) is 15.6. The van der Waals surface area contributed by atoms with Crippen molar-refractivity contribution in [2.75, 3.05) is 6.26 Å². The topological polar surface area (TPSA) is 0 Å². The summed E-state index contributed by atoms with van der Waals surface area (Å²) >= 11 is 1.93. The van der Waals surface area contributed by atoms with Gasteiger partial charge in [-0.2, -0.15) is 11.8 Å². The second-order valence-corrected chi connectivity index (χ2v) is 8.81. The lowest BCUT2D eigenvalue weighted by molar-refractivity contribution is 1.17. The quantitative estimate of drug-likeness (QED) is 0.691. The zero-order chi connectivity index (χ0) is 15.4. The molecule has 0 aliphatic heterocycles. The van der Waals surface area contributed by atoms with Gasteiger partial charge in [-0.3, -0.25) is 0 Å². The van der Waals surface area contributed by atoms with Crippen LogP contribution in [-0.4, -0.2) is 11.5 Å². The minimum absolute atomic E-state index is 0.426. The van der Waals surface area contributed by atoms with Crippen LogP contribution in [0.2, 0.25) is 0 Å². The maximum absolute atomic E-state index is 2.34. The highest BCUT2D eigenvalue weighted by Crippen LogP contribution is 2.50. The molecule has 1 aliphatic carbocycles. The minimum atomic E-state index is -0.426. The molecule has 2 aromatic rings. The summed E-state index contributed by atoms with van der Waals surface area (Å²) in [5.74, 6) is 0. The number of benzene rings is 2. The van der Waals surface area contributed by atoms with E-state index in [9.17, 15) is 0 Å². The van der Waals surface area contributed by atoms with E-state index in [-0.39, 0.29) is 0 Å². The molecule has 22 heavy (non-hydrogen) atoms. The highest BCUT2D eigenvalue weighted by molar-refractivity contribution is 7.99. The van der Waals surface area contributed by atoms with Crippen LogP contribution < -0.4 is 10.6 Å². The molecule has 0 nitrogen and oxygen atoms in total. The molecule has 112 valence electrons. The molecule has 3 rings (SSSR count). The summed E-state index contributed by atoms with van der Waals surface area (Å²) in [6, 6.07) is 22.0. The van der Waals surface area contributed by atoms with Gasteiger partial charge >= 0.3 is 0 Å². The van der Waals surface area contributed by atoms with Gasteiger partial charge in [0.15, 0.2) is 0 Å². The minimum Gasteiger partial charge on any atom is -0.157 e. The molecule has 0 bridgehead atoms. The van der Waals surface area contributed by atoms with Gasteiger partial charge in [0.05, 0.1) is 0 Å². The molecule has 0 saturated heterocycles. The van der Waals surface area contributed by atoms with Crippen molar-refractivity contribution in [1.29, 1.82) is 0 Å². The molecule has 2 aromatic carbocycles. The Balaban J connectivity index is 2.11. The molecule has 0 N–H and O–H groups in total. The highest BCUT2D eigenvalue weighted by Gasteiger charge is 2.24. The van der Waals surface area contributed by atoms with Gasteiger partial charge in [0, 0.05) is 5.25 Å². The van der Waals surface area contributed by atoms with E-state index in [1.807, 2.05) is 11.8 Å². The Morgan fingerprint density at radius 2 is 1.45 bits per heavy atom. The normalized spacial score (nSPS) is 15.6. The molecule has 0 spiro atoms. The second kappa shape index (κ2) is 7.31. The fourth-order valence-electron chi connectivity index (χ4n) is 2.84. The van der Waals surface area contributed by atoms with Crippen LogP contribution in [0.25, 0.3) is 0 Å². The van der Waals surface area contributed by atoms with E-state index in [0.717, 1.165) is 6.42 Å². The fraction of sp³-hybridized carbons (Fsp3) is 0.200. The van der Waals surface area contributed by atoms with Crippen molar-refractivity contribution in [2.24, 2.45) is 0 Å². The van der Waals surface area contributed by atoms with Gasteiger partial charge < -0.3 is 0 Å². The summed E-state index contributed by atoms with van der Waals surface area (Å²) in [6.07, 6.45) is 7.97. The zero-order valence-corrected chi connectivity index (χ0v) is 14.8. The van der Waals surface area contributed by atoms with Gasteiger partial charge in [0.2, 0.25) is 0 Å². The van der Waals surface area contributed by atoms with E-state index in [4.69, 9.17) is 0 Å². The van der Waals surface area contributed by atoms with Crippen LogP contribution >= 0.6 is 19.7 Å². The first-order chi connectivity index (χ1) is 10.8. The van der Waals surface area contributed by atoms with Gasteiger partial charge in [-0.15, -0.1) is 0 Å². The molecule has 1 aliphatic rings. The first-order valence-corrected chi connectivity index (χ1v) is 10.3. The average Bonchev–Trinajstić information content (AvgIpc) is 3.06. The smallest absolute Gasteiger partial charge is 0.0269 e. The number of hydrogen-bond acceptors (Lipinski definition) is 1. The Labute approximate surface area is 139 Å². The lowest BCUT2D eigenvalue weighted by Gasteiger charge is -2.23. The van der Waals surface area contributed by atoms with Crippen LogP contribution in [0.1, 0.15) is 13.3 Å². The van der Waals surface area contributed by atoms with Crippen LogP contribution in [0.4, 0.5) is 0 Å². The second-order valence-electron chi connectivity index (χ2n) is 5.39. The molecule has 2 heteroatoms. The highest BCUT2D eigenvalue weighted by atomic mass is 32.2. The third kappa shape index (κ3) is 3.21. The van der Waals surface area contributed by atoms with E-state index < -0.39 is 7.92 Å². The number of rotatable bonds is 5. The van der Waals surface area contributed by atoms with Crippen molar-refractivity contribution in [3.05, 3.63) is 83.7 Å². The lowest BCUT2D eigenvalue weighted by atomic mass is 10.2. The summed E-state index contributed by atoms with van der Waals surface area (Å²) in [6.45, 7) is 2.32. The molecule has 0 radical (unpaired) electrons. The van der Waals surface area contributed by atoms with Crippen LogP contribution in [-0.2, 0) is 0 Å². The van der Waals surface area contributed by atoms with Gasteiger partial charge in [-0.25, -0.2) is 0 Å². The molecular formula is C20H21PS. The predicted molar refractivity (Wildman–Crippen MR) is 103 cm³/mol. The van der Waals surface area contributed by atoms with Gasteiger partial charge in [0.1, 0.15) is 0 Å². The molecule has 0 saturated carbocycles. The standard InChI is InChI=1S/C20H21PS/c1-16(22-2)19-14-9-15-20(19)21(17-10-5-3-6-11-17)18-12-7-4-8-13-18/h3-14,16H,15H2,1-2H3. The van der Waals surface area contributed by atoms with Crippen LogP contribution in [0, 0.1) is 0 Å². The van der Waals surface area contributed by atoms with Crippen molar-refractivity contribution in [2.45, 2.75) is 18.6 Å². The first-order valence-electron chi connectivity index (χ1n) is 7.64. The number of hydrogen-bond donors (Lipinski definition) is 0. The van der Waals surface area contributed by atoms with Gasteiger partial charge in [-0.05, 0) is 49.0 Å². The number of thioether (sulfide) groups is 1. The molecule has 1 atom stereocenters. The summed E-state index contributed by atoms with van der Waals surface area (Å²) in [5, 5.41) is 5.09. The van der Waals surface area contributed by atoms with Crippen molar-refractivity contribution >= 4 is 30.3 Å². The van der Waals surface area contributed by atoms with E-state index in [1.54, 1.807) is 5.31 Å². The summed E-state index contributed by atoms with van der Waals surface area (Å²) in [7, 11) is -0.426. The summed E-state index contributed by atoms with van der Waals surface area (Å²) in [5.41, 5.74) is 1.53. The maximum Gasteiger partial charge on any atom is 0.0269 e.